The first kappa shape index (κ1) is 38.6. The normalized spacial score (nSPS) is 11.2. The van der Waals surface area contributed by atoms with Crippen LogP contribution in [0.15, 0.2) is 91.5 Å². The Bertz CT molecular complexity index is 1550. The van der Waals surface area contributed by atoms with E-state index in [9.17, 15) is 0 Å². The molecule has 5 aromatic heterocycles. The molecule has 0 saturated heterocycles. The largest absolute Gasteiger partial charge is 0.262 e. The number of nitrogens with zero attached hydrogens (tertiary/aromatic N) is 7. The molecule has 0 bridgehead atoms. The van der Waals surface area contributed by atoms with Gasteiger partial charge in [0.25, 0.3) is 0 Å². The molecule has 0 saturated carbocycles. The van der Waals surface area contributed by atoms with Crippen LogP contribution >= 0.6 is 0 Å². The molecule has 0 aliphatic heterocycles. The van der Waals surface area contributed by atoms with Gasteiger partial charge in [-0.2, -0.15) is 0 Å². The monoisotopic (exact) mass is 697 g/mol. The Kier molecular flexibility index (Phi) is 15.6. The zero-order valence-electron chi connectivity index (χ0n) is 32.1. The van der Waals surface area contributed by atoms with E-state index in [2.05, 4.69) is 104 Å². The summed E-state index contributed by atoms with van der Waals surface area (Å²) in [5, 5.41) is 0. The second-order valence-corrected chi connectivity index (χ2v) is 13.9. The van der Waals surface area contributed by atoms with Crippen LogP contribution < -0.4 is 9.80 Å². The van der Waals surface area contributed by atoms with Crippen LogP contribution in [0.4, 0.5) is 34.9 Å². The molecule has 0 unspecified atom stereocenters. The van der Waals surface area contributed by atoms with Crippen LogP contribution in [0, 0.1) is 0 Å². The van der Waals surface area contributed by atoms with Crippen molar-refractivity contribution >= 4 is 34.9 Å². The molecule has 0 aliphatic rings. The molecule has 52 heavy (non-hydrogen) atoms. The Labute approximate surface area is 313 Å². The fourth-order valence-corrected chi connectivity index (χ4v) is 6.64. The minimum Gasteiger partial charge on any atom is -0.262 e. The van der Waals surface area contributed by atoms with Gasteiger partial charge in [-0.1, -0.05) is 85.1 Å². The Morgan fingerprint density at radius 2 is 0.654 bits per heavy atom. The van der Waals surface area contributed by atoms with Crippen molar-refractivity contribution < 1.29 is 0 Å². The fourth-order valence-electron chi connectivity index (χ4n) is 6.64. The van der Waals surface area contributed by atoms with E-state index < -0.39 is 0 Å². The Hall–Kier alpha value is -4.65. The molecule has 0 spiro atoms. The van der Waals surface area contributed by atoms with Crippen LogP contribution in [0.3, 0.4) is 0 Å². The van der Waals surface area contributed by atoms with Gasteiger partial charge < -0.3 is 0 Å². The number of hydrogen-bond donors (Lipinski definition) is 0. The van der Waals surface area contributed by atoms with Gasteiger partial charge in [-0.3, -0.25) is 9.80 Å². The van der Waals surface area contributed by atoms with Gasteiger partial charge in [0.1, 0.15) is 34.9 Å². The van der Waals surface area contributed by atoms with Crippen molar-refractivity contribution in [3.05, 3.63) is 114 Å². The zero-order chi connectivity index (χ0) is 36.4. The number of hydrogen-bond acceptors (Lipinski definition) is 7. The number of rotatable bonds is 22. The predicted octanol–water partition coefficient (Wildman–Crippen LogP) is 12.5. The van der Waals surface area contributed by atoms with E-state index in [1.165, 1.54) is 73.6 Å². The van der Waals surface area contributed by atoms with Crippen LogP contribution in [0.1, 0.15) is 127 Å². The molecule has 0 amide bonds. The molecule has 5 aromatic rings. The van der Waals surface area contributed by atoms with E-state index in [0.29, 0.717) is 0 Å². The van der Waals surface area contributed by atoms with Gasteiger partial charge in [-0.15, -0.1) is 0 Å². The van der Waals surface area contributed by atoms with Crippen LogP contribution in [-0.4, -0.2) is 24.9 Å². The predicted molar refractivity (Wildman–Crippen MR) is 218 cm³/mol. The smallest absolute Gasteiger partial charge is 0.142 e. The lowest BCUT2D eigenvalue weighted by Gasteiger charge is -2.26. The van der Waals surface area contributed by atoms with Gasteiger partial charge in [0.2, 0.25) is 0 Å². The Balaban J connectivity index is 1.61. The molecule has 0 fully saturated rings. The first-order chi connectivity index (χ1) is 25.6. The van der Waals surface area contributed by atoms with Gasteiger partial charge in [-0.25, -0.2) is 24.9 Å². The highest BCUT2D eigenvalue weighted by Crippen LogP contribution is 2.37. The third-order valence-electron chi connectivity index (χ3n) is 9.61. The zero-order valence-corrected chi connectivity index (χ0v) is 32.1. The lowest BCUT2D eigenvalue weighted by molar-refractivity contribution is 0.716. The topological polar surface area (TPSA) is 70.9 Å². The Morgan fingerprint density at radius 1 is 0.365 bits per heavy atom. The maximum Gasteiger partial charge on any atom is 0.142 e. The van der Waals surface area contributed by atoms with Crippen molar-refractivity contribution in [1.82, 2.24) is 24.9 Å². The highest BCUT2D eigenvalue weighted by Gasteiger charge is 2.22. The van der Waals surface area contributed by atoms with Crippen molar-refractivity contribution in [3.8, 4) is 0 Å². The molecule has 7 nitrogen and oxygen atoms in total. The van der Waals surface area contributed by atoms with Gasteiger partial charge in [0, 0.05) is 24.8 Å². The quantitative estimate of drug-likeness (QED) is 0.0667. The minimum atomic E-state index is 0.747. The van der Waals surface area contributed by atoms with E-state index >= 15 is 0 Å². The fraction of sp³-hybridized carbons (Fsp3) is 0.444. The summed E-state index contributed by atoms with van der Waals surface area (Å²) in [4.78, 5) is 29.3. The van der Waals surface area contributed by atoms with Gasteiger partial charge in [0.05, 0.1) is 0 Å². The number of aromatic nitrogens is 5. The van der Waals surface area contributed by atoms with Crippen LogP contribution in [0.2, 0.25) is 0 Å². The first-order valence-corrected chi connectivity index (χ1v) is 20.0. The molecule has 0 N–H and O–H groups in total. The second-order valence-electron chi connectivity index (χ2n) is 13.9. The van der Waals surface area contributed by atoms with Crippen molar-refractivity contribution in [3.63, 3.8) is 0 Å². The molecule has 0 radical (unpaired) electrons. The van der Waals surface area contributed by atoms with Crippen molar-refractivity contribution in [2.75, 3.05) is 9.80 Å². The minimum absolute atomic E-state index is 0.747. The van der Waals surface area contributed by atoms with E-state index in [1.54, 1.807) is 0 Å². The second kappa shape index (κ2) is 21.0. The number of anilines is 6. The van der Waals surface area contributed by atoms with E-state index in [4.69, 9.17) is 24.9 Å². The summed E-state index contributed by atoms with van der Waals surface area (Å²) in [6.45, 7) is 8.99. The molecule has 0 atom stereocenters. The summed E-state index contributed by atoms with van der Waals surface area (Å²) in [6, 6.07) is 23.5. The lowest BCUT2D eigenvalue weighted by atomic mass is 10.1. The molecule has 0 aliphatic carbocycles. The molecule has 7 heteroatoms. The molecule has 5 rings (SSSR count). The van der Waals surface area contributed by atoms with E-state index in [1.807, 2.05) is 24.8 Å². The standard InChI is InChI=1S/C45H59N7/c1-5-9-13-18-36-24-28-46-42(32-36)51(43-33-37(25-29-47-43)19-14-10-6-2)40-22-17-23-41(50-40)52(44-34-38(26-30-48-44)20-15-11-7-3)45-35-39(27-31-49-45)21-16-12-8-4/h17,22-35H,5-16,18-21H2,1-4H3. The highest BCUT2D eigenvalue weighted by molar-refractivity contribution is 5.75. The summed E-state index contributed by atoms with van der Waals surface area (Å²) in [6.07, 6.45) is 26.0. The average Bonchev–Trinajstić information content (AvgIpc) is 3.17. The highest BCUT2D eigenvalue weighted by atomic mass is 15.3. The third kappa shape index (κ3) is 11.2. The van der Waals surface area contributed by atoms with Gasteiger partial charge in [0.15, 0.2) is 0 Å². The molecular formula is C45H59N7. The average molecular weight is 698 g/mol. The molecular weight excluding hydrogens is 639 g/mol. The Morgan fingerprint density at radius 3 is 0.923 bits per heavy atom. The van der Waals surface area contributed by atoms with Crippen LogP contribution in [-0.2, 0) is 25.7 Å². The molecule has 0 aromatic carbocycles. The van der Waals surface area contributed by atoms with Crippen molar-refractivity contribution in [1.29, 1.82) is 0 Å². The summed E-state index contributed by atoms with van der Waals surface area (Å²) in [5.41, 5.74) is 5.09. The van der Waals surface area contributed by atoms with Crippen LogP contribution in [0.25, 0.3) is 0 Å². The van der Waals surface area contributed by atoms with Crippen molar-refractivity contribution in [2.45, 2.75) is 130 Å². The van der Waals surface area contributed by atoms with E-state index in [0.717, 1.165) is 86.3 Å². The van der Waals surface area contributed by atoms with Crippen molar-refractivity contribution in [2.24, 2.45) is 0 Å². The lowest BCUT2D eigenvalue weighted by Crippen LogP contribution is -2.18. The third-order valence-corrected chi connectivity index (χ3v) is 9.61. The first-order valence-electron chi connectivity index (χ1n) is 20.0. The summed E-state index contributed by atoms with van der Waals surface area (Å²) in [7, 11) is 0. The van der Waals surface area contributed by atoms with Gasteiger partial charge in [-0.05, 0) is 134 Å². The van der Waals surface area contributed by atoms with Gasteiger partial charge >= 0.3 is 0 Å². The summed E-state index contributed by atoms with van der Waals surface area (Å²) < 4.78 is 0. The van der Waals surface area contributed by atoms with E-state index in [-0.39, 0.29) is 0 Å². The number of pyridine rings is 5. The number of aryl methyl sites for hydroxylation is 4. The molecule has 5 heterocycles. The van der Waals surface area contributed by atoms with Crippen LogP contribution in [0.5, 0.6) is 0 Å². The summed E-state index contributed by atoms with van der Waals surface area (Å²) >= 11 is 0. The molecule has 274 valence electrons. The number of unbranched alkanes of at least 4 members (excludes halogenated alkanes) is 8. The summed E-state index contributed by atoms with van der Waals surface area (Å²) in [5.74, 6) is 4.76. The maximum absolute atomic E-state index is 5.39. The SMILES string of the molecule is CCCCCc1ccnc(N(c2cc(CCCCC)ccn2)c2cccc(N(c3cc(CCCCC)ccn3)c3cc(CCCCC)ccn3)n2)c1. The maximum atomic E-state index is 5.39.